The maximum absolute atomic E-state index is 12.0. The molecule has 0 bridgehead atoms. The molecule has 0 spiro atoms. The van der Waals surface area contributed by atoms with Gasteiger partial charge in [0, 0.05) is 32.5 Å². The van der Waals surface area contributed by atoms with Crippen molar-refractivity contribution in [1.82, 2.24) is 20.3 Å². The standard InChI is InChI=1S/C18H28N5O3P/c1-3-26-27(25)10-4-5-13-6-8-23(9-7-13)17-16-15(21-12-22-17)14(11-20-16)18(24)19-2/h11-13,20,25H,3-10H2,1-2H3,(H,19,24). The monoisotopic (exact) mass is 393 g/mol. The summed E-state index contributed by atoms with van der Waals surface area (Å²) >= 11 is 0. The van der Waals surface area contributed by atoms with Crippen molar-refractivity contribution in [1.29, 1.82) is 0 Å². The number of rotatable bonds is 8. The summed E-state index contributed by atoms with van der Waals surface area (Å²) in [5, 5.41) is 2.64. The van der Waals surface area contributed by atoms with Gasteiger partial charge in [-0.15, -0.1) is 0 Å². The van der Waals surface area contributed by atoms with E-state index >= 15 is 0 Å². The molecule has 0 aromatic carbocycles. The number of carbonyl (C=O) groups excluding carboxylic acids is 1. The third-order valence-corrected chi connectivity index (χ3v) is 6.32. The Labute approximate surface area is 160 Å². The van der Waals surface area contributed by atoms with Crippen LogP contribution in [0, 0.1) is 5.92 Å². The van der Waals surface area contributed by atoms with Crippen LogP contribution in [0.25, 0.3) is 11.0 Å². The summed E-state index contributed by atoms with van der Waals surface area (Å²) in [6, 6.07) is 0. The van der Waals surface area contributed by atoms with Gasteiger partial charge >= 0.3 is 0 Å². The first-order valence-electron chi connectivity index (χ1n) is 9.52. The average molecular weight is 393 g/mol. The predicted octanol–water partition coefficient (Wildman–Crippen LogP) is 2.65. The summed E-state index contributed by atoms with van der Waals surface area (Å²) in [4.78, 5) is 35.9. The Kier molecular flexibility index (Phi) is 6.99. The van der Waals surface area contributed by atoms with Gasteiger partial charge in [0.25, 0.3) is 5.91 Å². The van der Waals surface area contributed by atoms with Crippen LogP contribution in [0.1, 0.15) is 43.0 Å². The van der Waals surface area contributed by atoms with E-state index in [0.29, 0.717) is 23.6 Å². The van der Waals surface area contributed by atoms with E-state index in [1.165, 1.54) is 6.33 Å². The van der Waals surface area contributed by atoms with E-state index in [4.69, 9.17) is 4.52 Å². The predicted molar refractivity (Wildman–Crippen MR) is 107 cm³/mol. The van der Waals surface area contributed by atoms with Gasteiger partial charge in [0.15, 0.2) is 14.2 Å². The van der Waals surface area contributed by atoms with Crippen molar-refractivity contribution < 1.29 is 14.2 Å². The Bertz CT molecular complexity index is 761. The van der Waals surface area contributed by atoms with Gasteiger partial charge in [0.05, 0.1) is 12.2 Å². The molecule has 0 saturated carbocycles. The molecule has 0 radical (unpaired) electrons. The molecule has 1 atom stereocenters. The summed E-state index contributed by atoms with van der Waals surface area (Å²) in [5.41, 5.74) is 2.02. The van der Waals surface area contributed by atoms with E-state index in [0.717, 1.165) is 56.3 Å². The lowest BCUT2D eigenvalue weighted by molar-refractivity contribution is 0.0964. The number of aromatic amines is 1. The number of fused-ring (bicyclic) bond motifs is 1. The minimum Gasteiger partial charge on any atom is -0.356 e. The Morgan fingerprint density at radius 1 is 1.44 bits per heavy atom. The molecule has 0 aliphatic carbocycles. The molecule has 1 aliphatic heterocycles. The number of hydrogen-bond acceptors (Lipinski definition) is 6. The highest BCUT2D eigenvalue weighted by atomic mass is 31.2. The first-order valence-corrected chi connectivity index (χ1v) is 10.9. The lowest BCUT2D eigenvalue weighted by Gasteiger charge is -2.33. The highest BCUT2D eigenvalue weighted by molar-refractivity contribution is 7.46. The molecule has 3 N–H and O–H groups in total. The van der Waals surface area contributed by atoms with Gasteiger partial charge in [-0.05, 0) is 38.5 Å². The molecule has 1 unspecified atom stereocenters. The zero-order valence-corrected chi connectivity index (χ0v) is 16.8. The van der Waals surface area contributed by atoms with Crippen molar-refractivity contribution >= 4 is 31.1 Å². The number of anilines is 1. The van der Waals surface area contributed by atoms with Crippen LogP contribution in [0.3, 0.4) is 0 Å². The third kappa shape index (κ3) is 4.75. The Balaban J connectivity index is 1.58. The fourth-order valence-electron chi connectivity index (χ4n) is 3.64. The molecule has 1 aliphatic rings. The van der Waals surface area contributed by atoms with Gasteiger partial charge in [0.1, 0.15) is 17.4 Å². The van der Waals surface area contributed by atoms with Crippen molar-refractivity contribution in [3.8, 4) is 0 Å². The fourth-order valence-corrected chi connectivity index (χ4v) is 4.52. The minimum absolute atomic E-state index is 0.152. The van der Waals surface area contributed by atoms with E-state index in [-0.39, 0.29) is 5.91 Å². The summed E-state index contributed by atoms with van der Waals surface area (Å²) in [5.74, 6) is 1.39. The number of aromatic nitrogens is 3. The van der Waals surface area contributed by atoms with E-state index in [1.807, 2.05) is 6.92 Å². The largest absolute Gasteiger partial charge is 0.356 e. The SMILES string of the molecule is CCOP(O)CCCC1CCN(c2ncnc3c(C(=O)NC)c[nH]c23)CC1. The second-order valence-electron chi connectivity index (χ2n) is 6.77. The Morgan fingerprint density at radius 2 is 2.22 bits per heavy atom. The molecular formula is C18H28N5O3P. The summed E-state index contributed by atoms with van der Waals surface area (Å²) in [7, 11) is 0.372. The number of H-pyrrole nitrogens is 1. The minimum atomic E-state index is -1.24. The van der Waals surface area contributed by atoms with Crippen molar-refractivity contribution in [2.24, 2.45) is 5.92 Å². The second kappa shape index (κ2) is 9.44. The van der Waals surface area contributed by atoms with E-state index < -0.39 is 8.38 Å². The second-order valence-corrected chi connectivity index (χ2v) is 8.18. The first-order chi connectivity index (χ1) is 13.1. The van der Waals surface area contributed by atoms with Crippen LogP contribution in [0.4, 0.5) is 5.82 Å². The van der Waals surface area contributed by atoms with Gasteiger partial charge in [0.2, 0.25) is 0 Å². The van der Waals surface area contributed by atoms with E-state index in [1.54, 1.807) is 13.2 Å². The molecule has 148 valence electrons. The quantitative estimate of drug-likeness (QED) is 0.596. The number of piperidine rings is 1. The van der Waals surface area contributed by atoms with Crippen LogP contribution in [-0.4, -0.2) is 58.7 Å². The topological polar surface area (TPSA) is 103 Å². The van der Waals surface area contributed by atoms with Crippen LogP contribution in [-0.2, 0) is 4.52 Å². The van der Waals surface area contributed by atoms with Gasteiger partial charge in [-0.3, -0.25) is 4.79 Å². The molecule has 8 nitrogen and oxygen atoms in total. The van der Waals surface area contributed by atoms with Crippen LogP contribution < -0.4 is 10.2 Å². The Morgan fingerprint density at radius 3 is 2.93 bits per heavy atom. The van der Waals surface area contributed by atoms with Gasteiger partial charge in [-0.25, -0.2) is 9.97 Å². The maximum atomic E-state index is 12.0. The normalized spacial score (nSPS) is 16.6. The van der Waals surface area contributed by atoms with E-state index in [9.17, 15) is 9.69 Å². The number of nitrogens with zero attached hydrogens (tertiary/aromatic N) is 3. The number of hydrogen-bond donors (Lipinski definition) is 3. The Hall–Kier alpha value is -1.76. The van der Waals surface area contributed by atoms with Crippen LogP contribution in [0.15, 0.2) is 12.5 Å². The molecule has 27 heavy (non-hydrogen) atoms. The summed E-state index contributed by atoms with van der Waals surface area (Å²) in [6.45, 7) is 4.36. The van der Waals surface area contributed by atoms with Crippen molar-refractivity contribution in [3.05, 3.63) is 18.1 Å². The summed E-state index contributed by atoms with van der Waals surface area (Å²) in [6.07, 6.45) is 8.33. The maximum Gasteiger partial charge on any atom is 0.254 e. The van der Waals surface area contributed by atoms with E-state index in [2.05, 4.69) is 25.2 Å². The number of carbonyl (C=O) groups is 1. The molecule has 2 aromatic heterocycles. The molecule has 1 saturated heterocycles. The fraction of sp³-hybridized carbons (Fsp3) is 0.611. The summed E-state index contributed by atoms with van der Waals surface area (Å²) < 4.78 is 5.24. The zero-order chi connectivity index (χ0) is 19.2. The van der Waals surface area contributed by atoms with Crippen molar-refractivity contribution in [2.75, 3.05) is 37.8 Å². The van der Waals surface area contributed by atoms with Crippen molar-refractivity contribution in [2.45, 2.75) is 32.6 Å². The number of nitrogens with one attached hydrogen (secondary N) is 2. The third-order valence-electron chi connectivity index (χ3n) is 5.07. The molecule has 1 amide bonds. The van der Waals surface area contributed by atoms with Gasteiger partial charge in [-0.2, -0.15) is 0 Å². The molecule has 3 heterocycles. The molecule has 2 aromatic rings. The zero-order valence-electron chi connectivity index (χ0n) is 15.9. The van der Waals surface area contributed by atoms with Crippen LogP contribution in [0.2, 0.25) is 0 Å². The first kappa shape index (κ1) is 20.0. The van der Waals surface area contributed by atoms with Crippen LogP contribution >= 0.6 is 8.38 Å². The van der Waals surface area contributed by atoms with Crippen molar-refractivity contribution in [3.63, 3.8) is 0 Å². The van der Waals surface area contributed by atoms with Gasteiger partial charge in [-0.1, -0.05) is 0 Å². The van der Waals surface area contributed by atoms with Crippen LogP contribution in [0.5, 0.6) is 0 Å². The smallest absolute Gasteiger partial charge is 0.254 e. The molecule has 1 fully saturated rings. The highest BCUT2D eigenvalue weighted by Crippen LogP contribution is 2.34. The average Bonchev–Trinajstić information content (AvgIpc) is 3.12. The molecular weight excluding hydrogens is 365 g/mol. The number of amides is 1. The lowest BCUT2D eigenvalue weighted by atomic mass is 9.92. The molecule has 9 heteroatoms. The highest BCUT2D eigenvalue weighted by Gasteiger charge is 2.23. The lowest BCUT2D eigenvalue weighted by Crippen LogP contribution is -2.34. The van der Waals surface area contributed by atoms with Gasteiger partial charge < -0.3 is 24.6 Å². The molecule has 3 rings (SSSR count).